The Hall–Kier alpha value is -3.71. The van der Waals surface area contributed by atoms with Gasteiger partial charge in [0.05, 0.1) is 29.6 Å². The highest BCUT2D eigenvalue weighted by Crippen LogP contribution is 2.27. The largest absolute Gasteiger partial charge is 0.360 e. The topological polar surface area (TPSA) is 88.5 Å². The number of nitrogens with one attached hydrogen (secondary N) is 2. The normalized spacial score (nSPS) is 14.7. The molecule has 0 fully saturated rings. The van der Waals surface area contributed by atoms with Crippen LogP contribution in [0.4, 0.5) is 5.82 Å². The molecule has 0 spiro atoms. The Morgan fingerprint density at radius 3 is 2.87 bits per heavy atom. The van der Waals surface area contributed by atoms with Crippen LogP contribution in [-0.4, -0.2) is 24.5 Å². The third-order valence-electron chi connectivity index (χ3n) is 4.75. The Kier molecular flexibility index (Phi) is 3.27. The molecule has 3 aromatic heterocycles. The molecule has 0 saturated carbocycles. The molecule has 5 aromatic rings. The van der Waals surface area contributed by atoms with Crippen molar-refractivity contribution >= 4 is 39.4 Å². The molecule has 0 bridgehead atoms. The molecule has 0 aliphatic carbocycles. The van der Waals surface area contributed by atoms with Crippen LogP contribution in [0, 0.1) is 0 Å². The van der Waals surface area contributed by atoms with Crippen molar-refractivity contribution in [2.45, 2.75) is 13.0 Å². The van der Waals surface area contributed by atoms with E-state index in [2.05, 4.69) is 25.3 Å². The van der Waals surface area contributed by atoms with Crippen LogP contribution < -0.4 is 10.9 Å². The van der Waals surface area contributed by atoms with E-state index in [1.54, 1.807) is 31.2 Å². The van der Waals surface area contributed by atoms with Crippen molar-refractivity contribution in [1.29, 1.82) is 0 Å². The molecule has 7 nitrogen and oxygen atoms in total. The second-order valence-electron chi connectivity index (χ2n) is 6.58. The van der Waals surface area contributed by atoms with Gasteiger partial charge in [-0.2, -0.15) is 0 Å². The highest BCUT2D eigenvalue weighted by atomic mass is 35.5. The molecule has 148 valence electrons. The van der Waals surface area contributed by atoms with Gasteiger partial charge >= 0.3 is 0 Å². The predicted octanol–water partition coefficient (Wildman–Crippen LogP) is 4.48. The first kappa shape index (κ1) is 13.5. The Labute approximate surface area is 183 Å². The third kappa shape index (κ3) is 3.00. The number of aromatic nitrogens is 5. The fourth-order valence-electron chi connectivity index (χ4n) is 3.40. The molecule has 5 rings (SSSR count). The van der Waals surface area contributed by atoms with Gasteiger partial charge in [0.1, 0.15) is 11.8 Å². The molecule has 0 amide bonds. The summed E-state index contributed by atoms with van der Waals surface area (Å²) >= 11 is 6.35. The van der Waals surface area contributed by atoms with Gasteiger partial charge in [-0.15, -0.1) is 0 Å². The maximum Gasteiger partial charge on any atom is 0.264 e. The first-order valence-electron chi connectivity index (χ1n) is 11.5. The summed E-state index contributed by atoms with van der Waals surface area (Å²) in [6.45, 7) is 1.77. The number of hydrogen-bond acceptors (Lipinski definition) is 5. The number of aromatic amines is 1. The molecule has 1 atom stereocenters. The standard InChI is InChI=1S/C22H17ClN6O/c1-13(28-21-19-20(25-11-24-19)26-12-27-21)17-10-14-6-5-9-16(23)18(14)22(30)29(17)15-7-3-2-4-8-15/h2-13H,1H3,(H2,24,25,26,27,28)/t13-/m1/s1/i2D,3D,4D,7D,8D. The smallest absolute Gasteiger partial charge is 0.264 e. The zero-order chi connectivity index (χ0) is 25.0. The number of fused-ring (bicyclic) bond motifs is 2. The molecular weight excluding hydrogens is 400 g/mol. The third-order valence-corrected chi connectivity index (χ3v) is 5.07. The van der Waals surface area contributed by atoms with Crippen molar-refractivity contribution in [2.75, 3.05) is 5.32 Å². The fourth-order valence-corrected chi connectivity index (χ4v) is 3.66. The van der Waals surface area contributed by atoms with E-state index in [4.69, 9.17) is 18.5 Å². The van der Waals surface area contributed by atoms with Gasteiger partial charge in [0.25, 0.3) is 5.56 Å². The number of benzene rings is 2. The van der Waals surface area contributed by atoms with Crippen LogP contribution in [0.5, 0.6) is 0 Å². The maximum absolute atomic E-state index is 13.8. The highest BCUT2D eigenvalue weighted by Gasteiger charge is 2.19. The molecule has 0 aliphatic heterocycles. The van der Waals surface area contributed by atoms with Gasteiger partial charge in [-0.25, -0.2) is 15.0 Å². The average molecular weight is 422 g/mol. The van der Waals surface area contributed by atoms with Crippen molar-refractivity contribution in [3.8, 4) is 5.69 Å². The monoisotopic (exact) mass is 421 g/mol. The van der Waals surface area contributed by atoms with E-state index in [0.717, 1.165) is 4.57 Å². The van der Waals surface area contributed by atoms with Crippen LogP contribution >= 0.6 is 11.6 Å². The molecule has 0 aliphatic rings. The van der Waals surface area contributed by atoms with Crippen LogP contribution in [0.3, 0.4) is 0 Å². The van der Waals surface area contributed by atoms with Crippen molar-refractivity contribution in [3.63, 3.8) is 0 Å². The van der Waals surface area contributed by atoms with Gasteiger partial charge in [0.2, 0.25) is 0 Å². The Bertz CT molecular complexity index is 1670. The van der Waals surface area contributed by atoms with E-state index in [1.807, 2.05) is 0 Å². The average Bonchev–Trinajstić information content (AvgIpc) is 3.32. The summed E-state index contributed by atoms with van der Waals surface area (Å²) in [6, 6.07) is 3.44. The maximum atomic E-state index is 13.8. The van der Waals surface area contributed by atoms with Crippen molar-refractivity contribution in [2.24, 2.45) is 0 Å². The van der Waals surface area contributed by atoms with E-state index >= 15 is 0 Å². The SMILES string of the molecule is [2H]c1c([2H])c([2H])c(-n2c([C@@H](C)Nc3ncnc4nc[nH]c34)cc3cccc(Cl)c3c2=O)c([2H])c1[2H]. The number of imidazole rings is 1. The molecule has 0 unspecified atom stereocenters. The molecule has 8 heteroatoms. The van der Waals surface area contributed by atoms with Gasteiger partial charge in [0.15, 0.2) is 11.5 Å². The Morgan fingerprint density at radius 2 is 2.03 bits per heavy atom. The van der Waals surface area contributed by atoms with Crippen molar-refractivity contribution < 1.29 is 6.85 Å². The molecule has 0 radical (unpaired) electrons. The second kappa shape index (κ2) is 7.27. The second-order valence-corrected chi connectivity index (χ2v) is 6.98. The summed E-state index contributed by atoms with van der Waals surface area (Å²) in [7, 11) is 0. The predicted molar refractivity (Wildman–Crippen MR) is 118 cm³/mol. The first-order valence-corrected chi connectivity index (χ1v) is 9.40. The van der Waals surface area contributed by atoms with Gasteiger partial charge in [-0.05, 0) is 36.5 Å². The highest BCUT2D eigenvalue weighted by molar-refractivity contribution is 6.35. The molecule has 3 heterocycles. The Morgan fingerprint density at radius 1 is 1.20 bits per heavy atom. The van der Waals surface area contributed by atoms with Gasteiger partial charge in [0, 0.05) is 11.4 Å². The number of para-hydroxylation sites is 1. The van der Waals surface area contributed by atoms with E-state index in [0.29, 0.717) is 28.1 Å². The number of nitrogens with zero attached hydrogens (tertiary/aromatic N) is 4. The van der Waals surface area contributed by atoms with E-state index in [1.165, 1.54) is 12.7 Å². The minimum absolute atomic E-state index is 0.176. The number of H-pyrrole nitrogens is 1. The summed E-state index contributed by atoms with van der Waals surface area (Å²) < 4.78 is 42.2. The van der Waals surface area contributed by atoms with Crippen LogP contribution in [0.15, 0.2) is 71.9 Å². The van der Waals surface area contributed by atoms with Crippen LogP contribution in [-0.2, 0) is 0 Å². The van der Waals surface area contributed by atoms with Gasteiger partial charge in [-0.3, -0.25) is 9.36 Å². The molecular formula is C22H17ClN6O. The minimum Gasteiger partial charge on any atom is -0.360 e. The van der Waals surface area contributed by atoms with Crippen molar-refractivity contribution in [1.82, 2.24) is 24.5 Å². The van der Waals surface area contributed by atoms with Crippen LogP contribution in [0.1, 0.15) is 25.5 Å². The first-order chi connectivity index (χ1) is 16.7. The van der Waals surface area contributed by atoms with E-state index < -0.39 is 41.8 Å². The lowest BCUT2D eigenvalue weighted by molar-refractivity contribution is 0.774. The molecule has 2 N–H and O–H groups in total. The van der Waals surface area contributed by atoms with Gasteiger partial charge in [-0.1, -0.05) is 41.9 Å². The number of halogens is 1. The quantitative estimate of drug-likeness (QED) is 0.446. The summed E-state index contributed by atoms with van der Waals surface area (Å²) in [5.74, 6) is 0.422. The molecule has 0 saturated heterocycles. The molecule has 30 heavy (non-hydrogen) atoms. The zero-order valence-corrected chi connectivity index (χ0v) is 16.4. The lowest BCUT2D eigenvalue weighted by Gasteiger charge is -2.21. The number of hydrogen-bond donors (Lipinski definition) is 2. The minimum atomic E-state index is -0.607. The van der Waals surface area contributed by atoms with E-state index in [9.17, 15) is 4.79 Å². The zero-order valence-electron chi connectivity index (χ0n) is 20.6. The lowest BCUT2D eigenvalue weighted by atomic mass is 10.1. The summed E-state index contributed by atoms with van der Waals surface area (Å²) in [4.78, 5) is 29.2. The number of anilines is 1. The molecule has 2 aromatic carbocycles. The lowest BCUT2D eigenvalue weighted by Crippen LogP contribution is -2.25. The van der Waals surface area contributed by atoms with Crippen molar-refractivity contribution in [3.05, 3.63) is 88.2 Å². The van der Waals surface area contributed by atoms with E-state index in [-0.39, 0.29) is 16.1 Å². The van der Waals surface area contributed by atoms with Gasteiger partial charge < -0.3 is 10.3 Å². The Balaban J connectivity index is 1.81. The fraction of sp³-hybridized carbons (Fsp3) is 0.0909. The van der Waals surface area contributed by atoms with Crippen LogP contribution in [0.2, 0.25) is 5.02 Å². The van der Waals surface area contributed by atoms with Crippen LogP contribution in [0.25, 0.3) is 27.6 Å². The summed E-state index contributed by atoms with van der Waals surface area (Å²) in [6.07, 6.45) is 2.83. The summed E-state index contributed by atoms with van der Waals surface area (Å²) in [5.41, 5.74) is 0.475. The number of pyridine rings is 1. The number of rotatable bonds is 4. The summed E-state index contributed by atoms with van der Waals surface area (Å²) in [5, 5.41) is 4.13.